The van der Waals surface area contributed by atoms with Gasteiger partial charge in [-0.3, -0.25) is 9.69 Å². The summed E-state index contributed by atoms with van der Waals surface area (Å²) in [4.78, 5) is 26.2. The minimum Gasteiger partial charge on any atom is -0.504 e. The first-order chi connectivity index (χ1) is 13.3. The number of nitrogens with zero attached hydrogens (tertiary/aromatic N) is 1. The molecule has 28 heavy (non-hydrogen) atoms. The van der Waals surface area contributed by atoms with Gasteiger partial charge in [-0.05, 0) is 42.8 Å². The van der Waals surface area contributed by atoms with Crippen LogP contribution >= 0.6 is 0 Å². The number of hydrogen-bond donors (Lipinski definition) is 4. The monoisotopic (exact) mass is 387 g/mol. The summed E-state index contributed by atoms with van der Waals surface area (Å²) >= 11 is 0. The van der Waals surface area contributed by atoms with E-state index in [4.69, 9.17) is 4.74 Å². The molecule has 2 aromatic rings. The van der Waals surface area contributed by atoms with E-state index in [1.165, 1.54) is 30.3 Å². The molecule has 0 aliphatic rings. The predicted octanol–water partition coefficient (Wildman–Crippen LogP) is 2.20. The van der Waals surface area contributed by atoms with E-state index in [0.717, 1.165) is 17.0 Å². The largest absolute Gasteiger partial charge is 0.504 e. The highest BCUT2D eigenvalue weighted by atomic mass is 16.5. The molecule has 1 unspecified atom stereocenters. The summed E-state index contributed by atoms with van der Waals surface area (Å²) in [7, 11) is 0. The van der Waals surface area contributed by atoms with Gasteiger partial charge in [-0.15, -0.1) is 0 Å². The van der Waals surface area contributed by atoms with Crippen molar-refractivity contribution in [3.05, 3.63) is 54.6 Å². The zero-order chi connectivity index (χ0) is 20.8. The van der Waals surface area contributed by atoms with E-state index >= 15 is 0 Å². The predicted molar refractivity (Wildman–Crippen MR) is 101 cm³/mol. The second-order valence-electron chi connectivity index (χ2n) is 5.88. The molecule has 0 aliphatic carbocycles. The number of rotatable bonds is 7. The lowest BCUT2D eigenvalue weighted by atomic mass is 10.0. The first-order valence-corrected chi connectivity index (χ1v) is 8.43. The number of ether oxygens (including phenoxy) is 1. The second kappa shape index (κ2) is 8.81. The molecular weight excluding hydrogens is 366 g/mol. The highest BCUT2D eigenvalue weighted by molar-refractivity contribution is 6.05. The fourth-order valence-electron chi connectivity index (χ4n) is 2.66. The maximum absolute atomic E-state index is 12.6. The van der Waals surface area contributed by atoms with Crippen LogP contribution in [0.2, 0.25) is 0 Å². The molecule has 0 heterocycles. The number of anilines is 1. The van der Waals surface area contributed by atoms with Crippen molar-refractivity contribution < 1.29 is 34.8 Å². The van der Waals surface area contributed by atoms with Gasteiger partial charge in [0.25, 0.3) is 5.91 Å². The summed E-state index contributed by atoms with van der Waals surface area (Å²) in [5.41, 5.74) is 0.597. The van der Waals surface area contributed by atoms with Gasteiger partial charge in [-0.2, -0.15) is 0 Å². The molecule has 148 valence electrons. The summed E-state index contributed by atoms with van der Waals surface area (Å²) in [5.74, 6) is -2.89. The lowest BCUT2D eigenvalue weighted by Crippen LogP contribution is -2.47. The van der Waals surface area contributed by atoms with E-state index in [2.05, 4.69) is 6.58 Å². The number of hydrogen-bond acceptors (Lipinski definition) is 7. The van der Waals surface area contributed by atoms with Gasteiger partial charge in [0.2, 0.25) is 0 Å². The van der Waals surface area contributed by atoms with Crippen molar-refractivity contribution in [2.75, 3.05) is 11.5 Å². The summed E-state index contributed by atoms with van der Waals surface area (Å²) in [6.07, 6.45) is 0.957. The van der Waals surface area contributed by atoms with Crippen LogP contribution < -0.4 is 4.90 Å². The number of aromatic hydroxyl groups is 4. The quantitative estimate of drug-likeness (QED) is 0.326. The molecule has 0 saturated carbocycles. The second-order valence-corrected chi connectivity index (χ2v) is 5.88. The van der Waals surface area contributed by atoms with Crippen molar-refractivity contribution in [2.45, 2.75) is 19.4 Å². The molecule has 0 spiro atoms. The standard InChI is InChI=1S/C20H21NO7/c1-3-19(26)21(13-6-8-16(23)18(25)11-13)14(20(27)28-4-2)9-12-5-7-15(22)17(24)10-12/h3,5-8,10-11,14,22-25H,1,4,9H2,2H3. The van der Waals surface area contributed by atoms with E-state index in [1.54, 1.807) is 6.92 Å². The molecule has 0 radical (unpaired) electrons. The van der Waals surface area contributed by atoms with Crippen molar-refractivity contribution in [1.82, 2.24) is 0 Å². The van der Waals surface area contributed by atoms with Crippen molar-refractivity contribution >= 4 is 17.6 Å². The van der Waals surface area contributed by atoms with Gasteiger partial charge in [-0.1, -0.05) is 12.6 Å². The normalized spacial score (nSPS) is 11.5. The Morgan fingerprint density at radius 3 is 2.18 bits per heavy atom. The molecular formula is C20H21NO7. The molecule has 0 fully saturated rings. The molecule has 1 atom stereocenters. The highest BCUT2D eigenvalue weighted by Crippen LogP contribution is 2.32. The SMILES string of the molecule is C=CC(=O)N(c1ccc(O)c(O)c1)C(Cc1ccc(O)c(O)c1)C(=O)OCC. The van der Waals surface area contributed by atoms with Gasteiger partial charge in [-0.25, -0.2) is 4.79 Å². The minimum atomic E-state index is -1.15. The van der Waals surface area contributed by atoms with Crippen molar-refractivity contribution in [3.8, 4) is 23.0 Å². The number of phenols is 4. The van der Waals surface area contributed by atoms with Gasteiger partial charge < -0.3 is 25.2 Å². The Bertz CT molecular complexity index is 894. The number of esters is 1. The fourth-order valence-corrected chi connectivity index (χ4v) is 2.66. The molecule has 0 aromatic heterocycles. The average Bonchev–Trinajstić information content (AvgIpc) is 2.66. The van der Waals surface area contributed by atoms with Crippen LogP contribution in [0.25, 0.3) is 0 Å². The van der Waals surface area contributed by atoms with Gasteiger partial charge in [0, 0.05) is 18.2 Å². The average molecular weight is 387 g/mol. The Hall–Kier alpha value is -3.68. The summed E-state index contributed by atoms with van der Waals surface area (Å²) in [6.45, 7) is 5.13. The summed E-state index contributed by atoms with van der Waals surface area (Å²) < 4.78 is 5.09. The van der Waals surface area contributed by atoms with Crippen LogP contribution in [0.5, 0.6) is 23.0 Å². The lowest BCUT2D eigenvalue weighted by molar-refractivity contribution is -0.145. The van der Waals surface area contributed by atoms with Crippen LogP contribution in [-0.4, -0.2) is 45.0 Å². The van der Waals surface area contributed by atoms with Crippen molar-refractivity contribution in [3.63, 3.8) is 0 Å². The topological polar surface area (TPSA) is 128 Å². The molecule has 2 aromatic carbocycles. The zero-order valence-corrected chi connectivity index (χ0v) is 15.2. The molecule has 0 bridgehead atoms. The highest BCUT2D eigenvalue weighted by Gasteiger charge is 2.32. The van der Waals surface area contributed by atoms with E-state index in [9.17, 15) is 30.0 Å². The van der Waals surface area contributed by atoms with Crippen LogP contribution in [0.1, 0.15) is 12.5 Å². The smallest absolute Gasteiger partial charge is 0.329 e. The zero-order valence-electron chi connectivity index (χ0n) is 15.2. The van der Waals surface area contributed by atoms with Gasteiger partial charge >= 0.3 is 5.97 Å². The minimum absolute atomic E-state index is 0.0477. The lowest BCUT2D eigenvalue weighted by Gasteiger charge is -2.30. The number of benzene rings is 2. The molecule has 8 heteroatoms. The maximum atomic E-state index is 12.6. The summed E-state index contributed by atoms with van der Waals surface area (Å²) in [5, 5.41) is 38.5. The first kappa shape index (κ1) is 20.6. The van der Waals surface area contributed by atoms with E-state index in [1.807, 2.05) is 0 Å². The Labute approximate surface area is 161 Å². The number of carbonyl (C=O) groups is 2. The molecule has 4 N–H and O–H groups in total. The van der Waals surface area contributed by atoms with E-state index in [-0.39, 0.29) is 36.0 Å². The Kier molecular flexibility index (Phi) is 6.49. The number of phenolic OH excluding ortho intramolecular Hbond substituents is 4. The molecule has 2 rings (SSSR count). The van der Waals surface area contributed by atoms with E-state index in [0.29, 0.717) is 5.56 Å². The van der Waals surface area contributed by atoms with Gasteiger partial charge in [0.15, 0.2) is 23.0 Å². The number of amides is 1. The molecule has 1 amide bonds. The van der Waals surface area contributed by atoms with Crippen molar-refractivity contribution in [1.29, 1.82) is 0 Å². The first-order valence-electron chi connectivity index (χ1n) is 8.43. The van der Waals surface area contributed by atoms with Crippen molar-refractivity contribution in [2.24, 2.45) is 0 Å². The summed E-state index contributed by atoms with van der Waals surface area (Å²) in [6, 6.07) is 6.55. The Morgan fingerprint density at radius 1 is 1.04 bits per heavy atom. The Balaban J connectivity index is 2.52. The van der Waals surface area contributed by atoms with E-state index < -0.39 is 23.7 Å². The van der Waals surface area contributed by atoms with Crippen LogP contribution in [0.3, 0.4) is 0 Å². The fraction of sp³-hybridized carbons (Fsp3) is 0.200. The van der Waals surface area contributed by atoms with Crippen LogP contribution in [0.4, 0.5) is 5.69 Å². The van der Waals surface area contributed by atoms with Gasteiger partial charge in [0.05, 0.1) is 6.61 Å². The molecule has 8 nitrogen and oxygen atoms in total. The van der Waals surface area contributed by atoms with Crippen LogP contribution in [0, 0.1) is 0 Å². The van der Waals surface area contributed by atoms with Crippen LogP contribution in [0.15, 0.2) is 49.1 Å². The molecule has 0 saturated heterocycles. The number of carbonyl (C=O) groups excluding carboxylic acids is 2. The van der Waals surface area contributed by atoms with Gasteiger partial charge in [0.1, 0.15) is 6.04 Å². The Morgan fingerprint density at radius 2 is 1.64 bits per heavy atom. The van der Waals surface area contributed by atoms with Crippen LogP contribution in [-0.2, 0) is 20.7 Å². The third-order valence-electron chi connectivity index (χ3n) is 3.99. The molecule has 0 aliphatic heterocycles. The third-order valence-corrected chi connectivity index (χ3v) is 3.99. The third kappa shape index (κ3) is 4.53. The maximum Gasteiger partial charge on any atom is 0.329 e.